The van der Waals surface area contributed by atoms with Crippen LogP contribution in [0, 0.1) is 0 Å². The molecule has 0 bridgehead atoms. The van der Waals surface area contributed by atoms with Gasteiger partial charge in [0.1, 0.15) is 0 Å². The van der Waals surface area contributed by atoms with Crippen LogP contribution in [0.25, 0.3) is 0 Å². The summed E-state index contributed by atoms with van der Waals surface area (Å²) in [5, 5.41) is 2.02. The van der Waals surface area contributed by atoms with Crippen molar-refractivity contribution in [2.24, 2.45) is 0 Å². The first-order chi connectivity index (χ1) is 6.81. The lowest BCUT2D eigenvalue weighted by molar-refractivity contribution is 0.112. The third kappa shape index (κ3) is 1.81. The number of hydrogen-bond donors (Lipinski definition) is 0. The molecule has 1 unspecified atom stereocenters. The lowest BCUT2D eigenvalue weighted by Crippen LogP contribution is -2.31. The standard InChI is InChI=1S/C10H13NO2S/c1-11(8-2-3-13-6-8)9-4-10(5-12)14-7-9/h4-5,7-8H,2-3,6H2,1H3. The summed E-state index contributed by atoms with van der Waals surface area (Å²) in [6, 6.07) is 2.39. The summed E-state index contributed by atoms with van der Waals surface area (Å²) in [4.78, 5) is 13.5. The molecular weight excluding hydrogens is 198 g/mol. The first-order valence-electron chi connectivity index (χ1n) is 4.65. The molecule has 14 heavy (non-hydrogen) atoms. The number of nitrogens with zero attached hydrogens (tertiary/aromatic N) is 1. The fraction of sp³-hybridized carbons (Fsp3) is 0.500. The summed E-state index contributed by atoms with van der Waals surface area (Å²) in [6.45, 7) is 1.64. The second-order valence-corrected chi connectivity index (χ2v) is 4.40. The van der Waals surface area contributed by atoms with Gasteiger partial charge in [0.2, 0.25) is 0 Å². The lowest BCUT2D eigenvalue weighted by Gasteiger charge is -2.23. The summed E-state index contributed by atoms with van der Waals surface area (Å²) in [7, 11) is 2.05. The molecule has 4 heteroatoms. The van der Waals surface area contributed by atoms with E-state index in [-0.39, 0.29) is 0 Å². The van der Waals surface area contributed by atoms with Gasteiger partial charge >= 0.3 is 0 Å². The molecule has 1 aliphatic heterocycles. The maximum atomic E-state index is 10.5. The Balaban J connectivity index is 2.09. The van der Waals surface area contributed by atoms with Gasteiger partial charge in [-0.3, -0.25) is 4.79 Å². The van der Waals surface area contributed by atoms with E-state index in [2.05, 4.69) is 11.9 Å². The van der Waals surface area contributed by atoms with E-state index in [9.17, 15) is 4.79 Å². The largest absolute Gasteiger partial charge is 0.379 e. The highest BCUT2D eigenvalue weighted by Gasteiger charge is 2.21. The fourth-order valence-electron chi connectivity index (χ4n) is 1.63. The number of hydrogen-bond acceptors (Lipinski definition) is 4. The van der Waals surface area contributed by atoms with Crippen molar-refractivity contribution in [3.63, 3.8) is 0 Å². The minimum Gasteiger partial charge on any atom is -0.379 e. The number of carbonyl (C=O) groups is 1. The van der Waals surface area contributed by atoms with E-state index in [1.165, 1.54) is 11.3 Å². The van der Waals surface area contributed by atoms with Crippen LogP contribution in [0.15, 0.2) is 11.4 Å². The highest BCUT2D eigenvalue weighted by atomic mass is 32.1. The number of thiophene rings is 1. The molecule has 2 heterocycles. The van der Waals surface area contributed by atoms with Gasteiger partial charge in [-0.05, 0) is 12.5 Å². The summed E-state index contributed by atoms with van der Waals surface area (Å²) >= 11 is 1.49. The van der Waals surface area contributed by atoms with Crippen molar-refractivity contribution in [3.8, 4) is 0 Å². The molecule has 0 spiro atoms. The number of likely N-dealkylation sites (N-methyl/N-ethyl adjacent to an activating group) is 1. The fourth-order valence-corrected chi connectivity index (χ4v) is 2.36. The molecule has 1 aliphatic rings. The molecule has 3 nitrogen and oxygen atoms in total. The zero-order valence-corrected chi connectivity index (χ0v) is 8.92. The van der Waals surface area contributed by atoms with Crippen LogP contribution in [0.1, 0.15) is 16.1 Å². The Morgan fingerprint density at radius 3 is 3.14 bits per heavy atom. The smallest absolute Gasteiger partial charge is 0.160 e. The van der Waals surface area contributed by atoms with Gasteiger partial charge in [0.25, 0.3) is 0 Å². The van der Waals surface area contributed by atoms with Crippen molar-refractivity contribution < 1.29 is 9.53 Å². The second kappa shape index (κ2) is 4.11. The minimum atomic E-state index is 0.462. The van der Waals surface area contributed by atoms with E-state index >= 15 is 0 Å². The van der Waals surface area contributed by atoms with Crippen molar-refractivity contribution in [2.75, 3.05) is 25.2 Å². The van der Waals surface area contributed by atoms with E-state index in [0.29, 0.717) is 6.04 Å². The molecule has 1 aromatic rings. The first-order valence-corrected chi connectivity index (χ1v) is 5.53. The van der Waals surface area contributed by atoms with Crippen LogP contribution in [0.4, 0.5) is 5.69 Å². The van der Waals surface area contributed by atoms with Crippen molar-refractivity contribution in [2.45, 2.75) is 12.5 Å². The summed E-state index contributed by atoms with van der Waals surface area (Å²) in [5.74, 6) is 0. The van der Waals surface area contributed by atoms with E-state index in [1.54, 1.807) is 0 Å². The van der Waals surface area contributed by atoms with E-state index < -0.39 is 0 Å². The van der Waals surface area contributed by atoms with Crippen molar-refractivity contribution in [1.82, 2.24) is 0 Å². The maximum absolute atomic E-state index is 10.5. The zero-order chi connectivity index (χ0) is 9.97. The van der Waals surface area contributed by atoms with E-state index in [0.717, 1.165) is 36.5 Å². The molecule has 0 radical (unpaired) electrons. The zero-order valence-electron chi connectivity index (χ0n) is 8.10. The molecule has 1 atom stereocenters. The normalized spacial score (nSPS) is 21.1. The van der Waals surface area contributed by atoms with Gasteiger partial charge in [-0.1, -0.05) is 0 Å². The first kappa shape index (κ1) is 9.68. The van der Waals surface area contributed by atoms with Gasteiger partial charge in [0.15, 0.2) is 6.29 Å². The molecule has 1 aromatic heterocycles. The number of carbonyl (C=O) groups excluding carboxylic acids is 1. The summed E-state index contributed by atoms with van der Waals surface area (Å²) in [6.07, 6.45) is 1.97. The van der Waals surface area contributed by atoms with E-state index in [4.69, 9.17) is 4.74 Å². The number of rotatable bonds is 3. The molecule has 1 saturated heterocycles. The maximum Gasteiger partial charge on any atom is 0.160 e. The molecule has 0 amide bonds. The van der Waals surface area contributed by atoms with Crippen molar-refractivity contribution in [3.05, 3.63) is 16.3 Å². The second-order valence-electron chi connectivity index (χ2n) is 3.45. The molecule has 0 N–H and O–H groups in total. The van der Waals surface area contributed by atoms with Gasteiger partial charge in [0, 0.05) is 24.7 Å². The third-order valence-corrected chi connectivity index (χ3v) is 3.43. The Hall–Kier alpha value is -0.870. The molecule has 1 fully saturated rings. The Morgan fingerprint density at radius 1 is 1.71 bits per heavy atom. The Morgan fingerprint density at radius 2 is 2.57 bits per heavy atom. The summed E-state index contributed by atoms with van der Waals surface area (Å²) < 4.78 is 5.33. The molecule has 0 aliphatic carbocycles. The molecule has 0 saturated carbocycles. The van der Waals surface area contributed by atoms with Crippen molar-refractivity contribution in [1.29, 1.82) is 0 Å². The molecule has 76 valence electrons. The highest BCUT2D eigenvalue weighted by molar-refractivity contribution is 7.12. The van der Waals surface area contributed by atoms with Crippen LogP contribution in [0.5, 0.6) is 0 Å². The Labute approximate surface area is 87.3 Å². The van der Waals surface area contributed by atoms with Gasteiger partial charge in [0.05, 0.1) is 17.5 Å². The van der Waals surface area contributed by atoms with Gasteiger partial charge in [-0.25, -0.2) is 0 Å². The van der Waals surface area contributed by atoms with Crippen LogP contribution in [-0.4, -0.2) is 32.6 Å². The Kier molecular flexibility index (Phi) is 2.84. The van der Waals surface area contributed by atoms with Crippen LogP contribution in [0.3, 0.4) is 0 Å². The topological polar surface area (TPSA) is 29.5 Å². The van der Waals surface area contributed by atoms with Crippen LogP contribution in [0.2, 0.25) is 0 Å². The average Bonchev–Trinajstić information content (AvgIpc) is 2.88. The SMILES string of the molecule is CN(c1csc(C=O)c1)C1CCOC1. The quantitative estimate of drug-likeness (QED) is 0.714. The number of anilines is 1. The molecule has 0 aromatic carbocycles. The summed E-state index contributed by atoms with van der Waals surface area (Å²) in [5.41, 5.74) is 1.12. The van der Waals surface area contributed by atoms with Crippen molar-refractivity contribution >= 4 is 23.3 Å². The monoisotopic (exact) mass is 211 g/mol. The lowest BCUT2D eigenvalue weighted by atomic mass is 10.2. The van der Waals surface area contributed by atoms with Gasteiger partial charge < -0.3 is 9.64 Å². The third-order valence-electron chi connectivity index (χ3n) is 2.58. The van der Waals surface area contributed by atoms with Gasteiger partial charge in [-0.2, -0.15) is 0 Å². The molecule has 2 rings (SSSR count). The minimum absolute atomic E-state index is 0.462. The Bertz CT molecular complexity index is 318. The van der Waals surface area contributed by atoms with Crippen LogP contribution < -0.4 is 4.90 Å². The van der Waals surface area contributed by atoms with Crippen LogP contribution >= 0.6 is 11.3 Å². The highest BCUT2D eigenvalue weighted by Crippen LogP contribution is 2.24. The predicted molar refractivity (Wildman–Crippen MR) is 57.3 cm³/mol. The molecular formula is C10H13NO2S. The predicted octanol–water partition coefficient (Wildman–Crippen LogP) is 1.79. The van der Waals surface area contributed by atoms with Gasteiger partial charge in [-0.15, -0.1) is 11.3 Å². The van der Waals surface area contributed by atoms with E-state index in [1.807, 2.05) is 11.4 Å². The number of ether oxygens (including phenoxy) is 1. The average molecular weight is 211 g/mol. The number of aldehydes is 1. The van der Waals surface area contributed by atoms with Crippen LogP contribution in [-0.2, 0) is 4.74 Å².